The first kappa shape index (κ1) is 13.3. The lowest BCUT2D eigenvalue weighted by Gasteiger charge is -2.11. The highest BCUT2D eigenvalue weighted by Gasteiger charge is 2.10. The summed E-state index contributed by atoms with van der Waals surface area (Å²) in [7, 11) is 1.88. The predicted octanol–water partition coefficient (Wildman–Crippen LogP) is 1.05. The molecule has 5 nitrogen and oxygen atoms in total. The molecule has 5 heteroatoms. The van der Waals surface area contributed by atoms with Crippen LogP contribution in [0.1, 0.15) is 12.5 Å². The highest BCUT2D eigenvalue weighted by Crippen LogP contribution is 2.22. The lowest BCUT2D eigenvalue weighted by Crippen LogP contribution is -2.37. The molecule has 3 N–H and O–H groups in total. The number of rotatable bonds is 4. The van der Waals surface area contributed by atoms with Gasteiger partial charge < -0.3 is 11.1 Å². The molecule has 1 aromatic carbocycles. The Balaban J connectivity index is 2.20. The fraction of sp³-hybridized carbons (Fsp3) is 0.286. The van der Waals surface area contributed by atoms with Gasteiger partial charge >= 0.3 is 0 Å². The van der Waals surface area contributed by atoms with Crippen LogP contribution in [0.15, 0.2) is 36.7 Å². The van der Waals surface area contributed by atoms with Gasteiger partial charge in [0.05, 0.1) is 12.2 Å². The van der Waals surface area contributed by atoms with Crippen LogP contribution >= 0.6 is 0 Å². The molecular formula is C14H18N4O. The van der Waals surface area contributed by atoms with E-state index in [2.05, 4.69) is 10.4 Å². The Labute approximate surface area is 112 Å². The van der Waals surface area contributed by atoms with Gasteiger partial charge in [-0.2, -0.15) is 5.10 Å². The van der Waals surface area contributed by atoms with Crippen LogP contribution in [0.4, 0.5) is 0 Å². The second-order valence-corrected chi connectivity index (χ2v) is 4.57. The van der Waals surface area contributed by atoms with Crippen LogP contribution in [0.3, 0.4) is 0 Å². The molecule has 0 unspecified atom stereocenters. The fourth-order valence-electron chi connectivity index (χ4n) is 1.86. The van der Waals surface area contributed by atoms with Crippen LogP contribution in [0.25, 0.3) is 11.1 Å². The maximum absolute atomic E-state index is 11.5. The average Bonchev–Trinajstić information content (AvgIpc) is 2.82. The number of nitrogens with two attached hydrogens (primary N) is 1. The summed E-state index contributed by atoms with van der Waals surface area (Å²) in [6, 6.07) is 7.44. The van der Waals surface area contributed by atoms with Crippen LogP contribution in [0, 0.1) is 0 Å². The number of benzene rings is 1. The van der Waals surface area contributed by atoms with Gasteiger partial charge in [0.25, 0.3) is 0 Å². The summed E-state index contributed by atoms with van der Waals surface area (Å²) in [5.74, 6) is -0.152. The topological polar surface area (TPSA) is 72.9 Å². The molecule has 0 bridgehead atoms. The smallest absolute Gasteiger partial charge is 0.236 e. The number of hydrogen-bond acceptors (Lipinski definition) is 3. The number of aromatic nitrogens is 2. The lowest BCUT2D eigenvalue weighted by atomic mass is 10.0. The summed E-state index contributed by atoms with van der Waals surface area (Å²) in [6.07, 6.45) is 3.76. The second-order valence-electron chi connectivity index (χ2n) is 4.57. The van der Waals surface area contributed by atoms with Crippen molar-refractivity contribution < 1.29 is 4.79 Å². The number of amides is 1. The molecule has 19 heavy (non-hydrogen) atoms. The van der Waals surface area contributed by atoms with E-state index in [1.165, 1.54) is 0 Å². The molecule has 0 radical (unpaired) electrons. The summed E-state index contributed by atoms with van der Waals surface area (Å²) >= 11 is 0. The molecule has 0 saturated heterocycles. The van der Waals surface area contributed by atoms with Crippen LogP contribution < -0.4 is 11.1 Å². The Hall–Kier alpha value is -2.14. The number of nitrogens with zero attached hydrogens (tertiary/aromatic N) is 2. The normalized spacial score (nSPS) is 12.2. The summed E-state index contributed by atoms with van der Waals surface area (Å²) in [5, 5.41) is 6.99. The first-order valence-electron chi connectivity index (χ1n) is 6.18. The highest BCUT2D eigenvalue weighted by atomic mass is 16.2. The molecule has 2 rings (SSSR count). The number of nitrogens with one attached hydrogen (secondary N) is 1. The van der Waals surface area contributed by atoms with E-state index >= 15 is 0 Å². The zero-order valence-electron chi connectivity index (χ0n) is 11.1. The van der Waals surface area contributed by atoms with Gasteiger partial charge in [0.2, 0.25) is 5.91 Å². The average molecular weight is 258 g/mol. The summed E-state index contributed by atoms with van der Waals surface area (Å²) in [4.78, 5) is 11.5. The third kappa shape index (κ3) is 3.20. The first-order valence-corrected chi connectivity index (χ1v) is 6.18. The van der Waals surface area contributed by atoms with Crippen molar-refractivity contribution in [3.63, 3.8) is 0 Å². The Morgan fingerprint density at radius 1 is 1.47 bits per heavy atom. The fourth-order valence-corrected chi connectivity index (χ4v) is 1.86. The van der Waals surface area contributed by atoms with Gasteiger partial charge in [-0.1, -0.05) is 24.3 Å². The molecule has 0 spiro atoms. The van der Waals surface area contributed by atoms with Gasteiger partial charge in [0, 0.05) is 25.4 Å². The van der Waals surface area contributed by atoms with Crippen molar-refractivity contribution >= 4 is 5.91 Å². The van der Waals surface area contributed by atoms with Crippen LogP contribution in [-0.2, 0) is 18.4 Å². The van der Waals surface area contributed by atoms with E-state index in [4.69, 9.17) is 5.73 Å². The minimum absolute atomic E-state index is 0.152. The van der Waals surface area contributed by atoms with Crippen molar-refractivity contribution in [2.45, 2.75) is 19.5 Å². The number of hydrogen-bond donors (Lipinski definition) is 2. The molecule has 2 aromatic rings. The third-order valence-electron chi connectivity index (χ3n) is 2.90. The van der Waals surface area contributed by atoms with Crippen molar-refractivity contribution in [2.24, 2.45) is 12.8 Å². The number of carbonyl (C=O) groups excluding carboxylic acids is 1. The van der Waals surface area contributed by atoms with Crippen molar-refractivity contribution in [1.29, 1.82) is 0 Å². The van der Waals surface area contributed by atoms with E-state index in [0.29, 0.717) is 6.54 Å². The minimum Gasteiger partial charge on any atom is -0.351 e. The first-order chi connectivity index (χ1) is 9.08. The van der Waals surface area contributed by atoms with Crippen LogP contribution in [0.2, 0.25) is 0 Å². The molecule has 0 fully saturated rings. The monoisotopic (exact) mass is 258 g/mol. The van der Waals surface area contributed by atoms with E-state index in [1.54, 1.807) is 11.6 Å². The number of carbonyl (C=O) groups is 1. The van der Waals surface area contributed by atoms with E-state index < -0.39 is 6.04 Å². The van der Waals surface area contributed by atoms with Gasteiger partial charge in [0.15, 0.2) is 0 Å². The highest BCUT2D eigenvalue weighted by molar-refractivity contribution is 5.81. The van der Waals surface area contributed by atoms with Crippen molar-refractivity contribution in [2.75, 3.05) is 0 Å². The zero-order chi connectivity index (χ0) is 13.8. The molecule has 0 aliphatic carbocycles. The number of aryl methyl sites for hydroxylation is 1. The maximum Gasteiger partial charge on any atom is 0.236 e. The molecule has 0 aliphatic rings. The van der Waals surface area contributed by atoms with Gasteiger partial charge in [-0.25, -0.2) is 0 Å². The summed E-state index contributed by atoms with van der Waals surface area (Å²) in [5.41, 5.74) is 8.68. The van der Waals surface area contributed by atoms with Gasteiger partial charge in [0.1, 0.15) is 0 Å². The Bertz CT molecular complexity index is 574. The van der Waals surface area contributed by atoms with E-state index in [1.807, 2.05) is 43.7 Å². The predicted molar refractivity (Wildman–Crippen MR) is 74.1 cm³/mol. The maximum atomic E-state index is 11.5. The SMILES string of the molecule is C[C@@H](N)C(=O)NCc1ccccc1-c1cnn(C)c1. The summed E-state index contributed by atoms with van der Waals surface area (Å²) < 4.78 is 1.76. The second kappa shape index (κ2) is 5.67. The molecule has 0 saturated carbocycles. The van der Waals surface area contributed by atoms with E-state index in [9.17, 15) is 4.79 Å². The van der Waals surface area contributed by atoms with Gasteiger partial charge in [-0.15, -0.1) is 0 Å². The quantitative estimate of drug-likeness (QED) is 0.861. The molecule has 0 aliphatic heterocycles. The van der Waals surface area contributed by atoms with Gasteiger partial charge in [-0.3, -0.25) is 9.48 Å². The summed E-state index contributed by atoms with van der Waals surface area (Å²) in [6.45, 7) is 2.13. The Morgan fingerprint density at radius 2 is 2.21 bits per heavy atom. The Kier molecular flexibility index (Phi) is 3.97. The molecule has 100 valence electrons. The van der Waals surface area contributed by atoms with Crippen molar-refractivity contribution in [1.82, 2.24) is 15.1 Å². The van der Waals surface area contributed by atoms with E-state index in [-0.39, 0.29) is 5.91 Å². The molecule has 1 atom stereocenters. The minimum atomic E-state index is -0.495. The molecule has 1 heterocycles. The zero-order valence-corrected chi connectivity index (χ0v) is 11.1. The van der Waals surface area contributed by atoms with Crippen molar-refractivity contribution in [3.8, 4) is 11.1 Å². The Morgan fingerprint density at radius 3 is 2.84 bits per heavy atom. The molecule has 1 aromatic heterocycles. The molecule has 1 amide bonds. The van der Waals surface area contributed by atoms with Crippen LogP contribution in [-0.4, -0.2) is 21.7 Å². The standard InChI is InChI=1S/C14H18N4O/c1-10(15)14(19)16-7-11-5-3-4-6-13(11)12-8-17-18(2)9-12/h3-6,8-10H,7,15H2,1-2H3,(H,16,19)/t10-/m1/s1. The van der Waals surface area contributed by atoms with E-state index in [0.717, 1.165) is 16.7 Å². The third-order valence-corrected chi connectivity index (χ3v) is 2.90. The van der Waals surface area contributed by atoms with Crippen LogP contribution in [0.5, 0.6) is 0 Å². The van der Waals surface area contributed by atoms with Crippen molar-refractivity contribution in [3.05, 3.63) is 42.2 Å². The van der Waals surface area contributed by atoms with Gasteiger partial charge in [-0.05, 0) is 18.1 Å². The largest absolute Gasteiger partial charge is 0.351 e. The molecular weight excluding hydrogens is 240 g/mol. The lowest BCUT2D eigenvalue weighted by molar-refractivity contribution is -0.122.